The van der Waals surface area contributed by atoms with Gasteiger partial charge >= 0.3 is 8.25 Å². The van der Waals surface area contributed by atoms with Gasteiger partial charge in [-0.3, -0.25) is 9.13 Å². The minimum Gasteiger partial charge on any atom is -0.351 e. The SMILES string of the molecule is CC1(C)OC2[C@@H](CO[PH](=O)O)O[C@@H](n3cnc4c(NC(c5ccccc5)(c5ccccc5)c5ccccc5)ncnc43)[C@H]2O1. The van der Waals surface area contributed by atoms with E-state index in [-0.39, 0.29) is 6.61 Å². The first-order valence-corrected chi connectivity index (χ1v) is 15.6. The number of nitrogens with one attached hydrogen (secondary N) is 1. The van der Waals surface area contributed by atoms with Crippen molar-refractivity contribution in [2.75, 3.05) is 11.9 Å². The number of rotatable bonds is 9. The van der Waals surface area contributed by atoms with Crippen molar-refractivity contribution in [3.05, 3.63) is 120 Å². The van der Waals surface area contributed by atoms with Gasteiger partial charge < -0.3 is 28.9 Å². The number of anilines is 1. The topological polar surface area (TPSA) is 130 Å². The standard InChI is InChI=1S/C32H32N5O6P/c1-31(2)42-26-24(18-40-44(38)39)41-30(27(26)43-31)37-20-35-25-28(33-19-34-29(25)37)36-32(21-12-6-3-7-13-21,22-14-8-4-9-15-22)23-16-10-5-11-17-23/h3-17,19-20,24,26-27,30,44H,18H2,1-2H3,(H,38,39)(H,33,34,36)/t24-,26?,27+,30-/m1/s1. The van der Waals surface area contributed by atoms with Gasteiger partial charge in [0.15, 0.2) is 29.0 Å². The van der Waals surface area contributed by atoms with Crippen LogP contribution in [-0.2, 0) is 28.8 Å². The highest BCUT2D eigenvalue weighted by molar-refractivity contribution is 7.32. The fourth-order valence-electron chi connectivity index (χ4n) is 6.26. The summed E-state index contributed by atoms with van der Waals surface area (Å²) in [6, 6.07) is 30.7. The van der Waals surface area contributed by atoms with Crippen LogP contribution in [0.25, 0.3) is 11.2 Å². The molecule has 44 heavy (non-hydrogen) atoms. The molecule has 4 heterocycles. The predicted octanol–water partition coefficient (Wildman–Crippen LogP) is 5.05. The van der Waals surface area contributed by atoms with Gasteiger partial charge in [0.1, 0.15) is 30.2 Å². The second-order valence-electron chi connectivity index (χ2n) is 11.2. The Labute approximate surface area is 254 Å². The van der Waals surface area contributed by atoms with Gasteiger partial charge in [-0.15, -0.1) is 0 Å². The van der Waals surface area contributed by atoms with Crippen LogP contribution in [0.4, 0.5) is 5.82 Å². The molecule has 5 aromatic rings. The summed E-state index contributed by atoms with van der Waals surface area (Å²) in [5.41, 5.74) is 3.32. The number of hydrogen-bond acceptors (Lipinski definition) is 9. The summed E-state index contributed by atoms with van der Waals surface area (Å²) in [6.45, 7) is 3.52. The first-order chi connectivity index (χ1) is 21.4. The van der Waals surface area contributed by atoms with E-state index in [0.717, 1.165) is 16.7 Å². The first-order valence-electron chi connectivity index (χ1n) is 14.3. The maximum Gasteiger partial charge on any atom is 0.316 e. The Morgan fingerprint density at radius 1 is 0.886 bits per heavy atom. The lowest BCUT2D eigenvalue weighted by Gasteiger charge is -2.37. The van der Waals surface area contributed by atoms with E-state index in [1.165, 1.54) is 6.33 Å². The second kappa shape index (κ2) is 11.5. The van der Waals surface area contributed by atoms with Gasteiger partial charge in [0.05, 0.1) is 12.9 Å². The summed E-state index contributed by atoms with van der Waals surface area (Å²) in [5.74, 6) is -0.346. The molecule has 2 aliphatic rings. The van der Waals surface area contributed by atoms with Crippen molar-refractivity contribution in [3.63, 3.8) is 0 Å². The summed E-state index contributed by atoms with van der Waals surface area (Å²) >= 11 is 0. The van der Waals surface area contributed by atoms with Crippen LogP contribution in [0.15, 0.2) is 104 Å². The van der Waals surface area contributed by atoms with Gasteiger partial charge in [-0.2, -0.15) is 0 Å². The molecule has 2 saturated heterocycles. The Morgan fingerprint density at radius 2 is 1.45 bits per heavy atom. The smallest absolute Gasteiger partial charge is 0.316 e. The molecule has 2 unspecified atom stereocenters. The Kier molecular flexibility index (Phi) is 7.54. The Balaban J connectivity index is 1.33. The lowest BCUT2D eigenvalue weighted by molar-refractivity contribution is -0.198. The third-order valence-corrected chi connectivity index (χ3v) is 8.47. The average molecular weight is 614 g/mol. The van der Waals surface area contributed by atoms with Crippen LogP contribution in [-0.4, -0.2) is 55.1 Å². The molecule has 5 atom stereocenters. The molecular weight excluding hydrogens is 581 g/mol. The van der Waals surface area contributed by atoms with Gasteiger partial charge in [-0.25, -0.2) is 15.0 Å². The molecular formula is C32H32N5O6P. The quantitative estimate of drug-likeness (QED) is 0.172. The molecule has 11 nitrogen and oxygen atoms in total. The van der Waals surface area contributed by atoms with E-state index < -0.39 is 44.1 Å². The molecule has 7 rings (SSSR count). The van der Waals surface area contributed by atoms with Crippen molar-refractivity contribution < 1.29 is 28.2 Å². The Hall–Kier alpha value is -3.96. The van der Waals surface area contributed by atoms with E-state index in [2.05, 4.69) is 51.7 Å². The minimum atomic E-state index is -3.15. The summed E-state index contributed by atoms with van der Waals surface area (Å²) < 4.78 is 36.8. The van der Waals surface area contributed by atoms with Crippen LogP contribution < -0.4 is 5.32 Å². The van der Waals surface area contributed by atoms with Crippen molar-refractivity contribution in [2.24, 2.45) is 0 Å². The second-order valence-corrected chi connectivity index (χ2v) is 12.0. The molecule has 0 spiro atoms. The van der Waals surface area contributed by atoms with E-state index in [4.69, 9.17) is 23.7 Å². The molecule has 2 aliphatic heterocycles. The lowest BCUT2D eigenvalue weighted by atomic mass is 9.77. The first kappa shape index (κ1) is 28.8. The van der Waals surface area contributed by atoms with Crippen LogP contribution in [0.2, 0.25) is 0 Å². The molecule has 2 fully saturated rings. The molecule has 12 heteroatoms. The van der Waals surface area contributed by atoms with Crippen LogP contribution in [0, 0.1) is 0 Å². The highest BCUT2D eigenvalue weighted by Crippen LogP contribution is 2.45. The normalized spacial score (nSPS) is 23.4. The molecule has 0 amide bonds. The zero-order valence-corrected chi connectivity index (χ0v) is 25.1. The van der Waals surface area contributed by atoms with E-state index in [1.54, 1.807) is 10.9 Å². The fraction of sp³-hybridized carbons (Fsp3) is 0.281. The molecule has 0 bridgehead atoms. The van der Waals surface area contributed by atoms with E-state index in [1.807, 2.05) is 68.4 Å². The molecule has 0 aliphatic carbocycles. The zero-order chi connectivity index (χ0) is 30.3. The highest BCUT2D eigenvalue weighted by atomic mass is 31.1. The molecule has 226 valence electrons. The third kappa shape index (κ3) is 5.11. The van der Waals surface area contributed by atoms with Crippen molar-refractivity contribution in [1.82, 2.24) is 19.5 Å². The van der Waals surface area contributed by atoms with Gasteiger partial charge in [0.25, 0.3) is 0 Å². The largest absolute Gasteiger partial charge is 0.351 e. The molecule has 0 radical (unpaired) electrons. The number of fused-ring (bicyclic) bond motifs is 2. The predicted molar refractivity (Wildman–Crippen MR) is 163 cm³/mol. The average Bonchev–Trinajstić information content (AvgIpc) is 3.71. The van der Waals surface area contributed by atoms with Gasteiger partial charge in [0, 0.05) is 0 Å². The van der Waals surface area contributed by atoms with Crippen molar-refractivity contribution in [1.29, 1.82) is 0 Å². The van der Waals surface area contributed by atoms with Crippen molar-refractivity contribution >= 4 is 25.2 Å². The molecule has 2 aromatic heterocycles. The maximum atomic E-state index is 11.3. The van der Waals surface area contributed by atoms with Crippen LogP contribution in [0.5, 0.6) is 0 Å². The van der Waals surface area contributed by atoms with Crippen molar-refractivity contribution in [3.8, 4) is 0 Å². The minimum absolute atomic E-state index is 0.117. The van der Waals surface area contributed by atoms with Crippen LogP contribution in [0.1, 0.15) is 36.8 Å². The summed E-state index contributed by atoms with van der Waals surface area (Å²) in [5, 5.41) is 3.79. The van der Waals surface area contributed by atoms with Gasteiger partial charge in [-0.1, -0.05) is 91.0 Å². The third-order valence-electron chi connectivity index (χ3n) is 8.06. The number of hydrogen-bond donors (Lipinski definition) is 2. The van der Waals surface area contributed by atoms with E-state index >= 15 is 0 Å². The molecule has 3 aromatic carbocycles. The fourth-order valence-corrected chi connectivity index (χ4v) is 6.57. The van der Waals surface area contributed by atoms with E-state index in [0.29, 0.717) is 17.0 Å². The van der Waals surface area contributed by atoms with Crippen molar-refractivity contribution in [2.45, 2.75) is 49.7 Å². The van der Waals surface area contributed by atoms with Gasteiger partial charge in [-0.05, 0) is 30.5 Å². The summed E-state index contributed by atoms with van der Waals surface area (Å²) in [6.07, 6.45) is 0.789. The van der Waals surface area contributed by atoms with Crippen LogP contribution >= 0.6 is 8.25 Å². The summed E-state index contributed by atoms with van der Waals surface area (Å²) in [4.78, 5) is 23.3. The number of benzene rings is 3. The lowest BCUT2D eigenvalue weighted by Crippen LogP contribution is -2.38. The highest BCUT2D eigenvalue weighted by Gasteiger charge is 2.56. The van der Waals surface area contributed by atoms with Crippen LogP contribution in [0.3, 0.4) is 0 Å². The monoisotopic (exact) mass is 613 g/mol. The summed E-state index contributed by atoms with van der Waals surface area (Å²) in [7, 11) is -3.15. The number of nitrogens with zero attached hydrogens (tertiary/aromatic N) is 4. The number of imidazole rings is 1. The molecule has 0 saturated carbocycles. The van der Waals surface area contributed by atoms with E-state index in [9.17, 15) is 9.46 Å². The number of aromatic nitrogens is 4. The Bertz CT molecular complexity index is 1680. The number of ether oxygens (including phenoxy) is 3. The maximum absolute atomic E-state index is 11.3. The molecule has 2 N–H and O–H groups in total. The van der Waals surface area contributed by atoms with Gasteiger partial charge in [0.2, 0.25) is 0 Å². The Morgan fingerprint density at radius 3 is 2.02 bits per heavy atom. The zero-order valence-electron chi connectivity index (χ0n) is 24.1.